The molecule has 3 unspecified atom stereocenters. The van der Waals surface area contributed by atoms with E-state index in [1.165, 1.54) is 0 Å². The molecule has 0 spiro atoms. The third-order valence-electron chi connectivity index (χ3n) is 10.5. The first-order chi connectivity index (χ1) is 23.7. The summed E-state index contributed by atoms with van der Waals surface area (Å²) in [5.41, 5.74) is 4.50. The van der Waals surface area contributed by atoms with E-state index in [2.05, 4.69) is 46.7 Å². The zero-order valence-electron chi connectivity index (χ0n) is 31.1. The van der Waals surface area contributed by atoms with Gasteiger partial charge < -0.3 is 25.2 Å². The number of piperidine rings is 1. The number of carbonyl (C=O) groups is 4. The highest BCUT2D eigenvalue weighted by Gasteiger charge is 2.33. The molecule has 2 heterocycles. The third-order valence-corrected chi connectivity index (χ3v) is 10.5. The van der Waals surface area contributed by atoms with Crippen molar-refractivity contribution in [1.82, 2.24) is 20.4 Å². The first-order valence-corrected chi connectivity index (χ1v) is 18.6. The predicted molar refractivity (Wildman–Crippen MR) is 197 cm³/mol. The average Bonchev–Trinajstić information content (AvgIpc) is 3.60. The topological polar surface area (TPSA) is 111 Å². The summed E-state index contributed by atoms with van der Waals surface area (Å²) in [5, 5.41) is 6.09. The predicted octanol–water partition coefficient (Wildman–Crippen LogP) is 6.15. The lowest BCUT2D eigenvalue weighted by atomic mass is 9.84. The summed E-state index contributed by atoms with van der Waals surface area (Å²) in [6, 6.07) is 12.5. The van der Waals surface area contributed by atoms with Crippen LogP contribution in [0.4, 0.5) is 10.5 Å². The number of ether oxygens (including phenoxy) is 1. The van der Waals surface area contributed by atoms with Crippen molar-refractivity contribution in [3.8, 4) is 11.1 Å². The second-order valence-electron chi connectivity index (χ2n) is 15.6. The molecule has 2 aromatic rings. The number of anilines is 1. The molecule has 50 heavy (non-hydrogen) atoms. The number of nitrogens with zero attached hydrogens (tertiary/aromatic N) is 3. The maximum Gasteiger partial charge on any atom is 0.410 e. The van der Waals surface area contributed by atoms with E-state index in [-0.39, 0.29) is 54.2 Å². The molecule has 2 saturated heterocycles. The van der Waals surface area contributed by atoms with Crippen molar-refractivity contribution < 1.29 is 23.9 Å². The molecule has 1 saturated carbocycles. The molecule has 3 fully saturated rings. The number of hydrogen-bond acceptors (Lipinski definition) is 6. The molecule has 2 N–H and O–H groups in total. The lowest BCUT2D eigenvalue weighted by molar-refractivity contribution is -0.129. The maximum atomic E-state index is 13.9. The quantitative estimate of drug-likeness (QED) is 0.328. The highest BCUT2D eigenvalue weighted by Crippen LogP contribution is 2.35. The van der Waals surface area contributed by atoms with Crippen LogP contribution < -0.4 is 15.5 Å². The number of amides is 4. The largest absolute Gasteiger partial charge is 0.444 e. The van der Waals surface area contributed by atoms with Gasteiger partial charge in [0, 0.05) is 69.0 Å². The van der Waals surface area contributed by atoms with Crippen molar-refractivity contribution in [2.45, 2.75) is 98.8 Å². The van der Waals surface area contributed by atoms with Crippen molar-refractivity contribution in [2.75, 3.05) is 44.2 Å². The Morgan fingerprint density at radius 1 is 0.980 bits per heavy atom. The van der Waals surface area contributed by atoms with Crippen LogP contribution in [-0.4, -0.2) is 84.5 Å². The minimum atomic E-state index is -0.510. The average molecular weight is 688 g/mol. The Bertz CT molecular complexity index is 1540. The smallest absolute Gasteiger partial charge is 0.410 e. The van der Waals surface area contributed by atoms with Crippen LogP contribution in [0.3, 0.4) is 0 Å². The number of benzene rings is 2. The lowest BCUT2D eigenvalue weighted by Crippen LogP contribution is -2.50. The number of rotatable bonds is 9. The van der Waals surface area contributed by atoms with Crippen molar-refractivity contribution in [3.05, 3.63) is 53.1 Å². The lowest BCUT2D eigenvalue weighted by Gasteiger charge is -2.35. The molecule has 1 aliphatic carbocycles. The molecule has 0 aromatic heterocycles. The van der Waals surface area contributed by atoms with Crippen molar-refractivity contribution in [3.63, 3.8) is 0 Å². The van der Waals surface area contributed by atoms with E-state index in [0.717, 1.165) is 79.7 Å². The van der Waals surface area contributed by atoms with Gasteiger partial charge in [-0.2, -0.15) is 0 Å². The minimum absolute atomic E-state index is 0.00858. The third kappa shape index (κ3) is 9.05. The van der Waals surface area contributed by atoms with E-state index in [1.807, 2.05) is 58.6 Å². The summed E-state index contributed by atoms with van der Waals surface area (Å²) in [7, 11) is 0. The molecule has 2 aromatic carbocycles. The van der Waals surface area contributed by atoms with E-state index < -0.39 is 5.60 Å². The van der Waals surface area contributed by atoms with Crippen molar-refractivity contribution in [2.24, 2.45) is 17.8 Å². The van der Waals surface area contributed by atoms with Crippen LogP contribution in [0.15, 0.2) is 36.4 Å². The second-order valence-corrected chi connectivity index (χ2v) is 15.6. The summed E-state index contributed by atoms with van der Waals surface area (Å²) < 4.78 is 5.54. The summed E-state index contributed by atoms with van der Waals surface area (Å²) in [5.74, 6) is -0.256. The van der Waals surface area contributed by atoms with Gasteiger partial charge in [-0.15, -0.1) is 0 Å². The van der Waals surface area contributed by atoms with Gasteiger partial charge in [-0.05, 0) is 101 Å². The summed E-state index contributed by atoms with van der Waals surface area (Å²) in [4.78, 5) is 58.9. The van der Waals surface area contributed by atoms with E-state index in [4.69, 9.17) is 4.74 Å². The van der Waals surface area contributed by atoms with Crippen LogP contribution in [0.2, 0.25) is 0 Å². The molecule has 272 valence electrons. The molecule has 4 amide bonds. The van der Waals surface area contributed by atoms with Crippen LogP contribution in [0, 0.1) is 24.7 Å². The maximum absolute atomic E-state index is 13.9. The Hall–Kier alpha value is -3.92. The van der Waals surface area contributed by atoms with Gasteiger partial charge >= 0.3 is 6.09 Å². The Labute approximate surface area is 298 Å². The Morgan fingerprint density at radius 3 is 2.24 bits per heavy atom. The van der Waals surface area contributed by atoms with Crippen LogP contribution in [0.25, 0.3) is 11.1 Å². The number of piperazine rings is 1. The molecule has 0 bridgehead atoms. The normalized spacial score (nSPS) is 21.9. The first kappa shape index (κ1) is 37.3. The molecule has 5 rings (SSSR count). The van der Waals surface area contributed by atoms with E-state index >= 15 is 0 Å². The zero-order valence-corrected chi connectivity index (χ0v) is 31.1. The van der Waals surface area contributed by atoms with Crippen molar-refractivity contribution in [1.29, 1.82) is 0 Å². The fourth-order valence-electron chi connectivity index (χ4n) is 7.68. The van der Waals surface area contributed by atoms with Crippen LogP contribution in [-0.2, 0) is 20.9 Å². The standard InChI is InChI=1S/C40H57N5O5/c1-8-45(38(48)31-11-9-10-12-31)35-23-32(22-33(28(35)4)36(46)41-24-34-26(2)21-27(3)42-37(34)47)30-15-13-29(14-16-30)25-43-17-19-44(20-18-43)39(49)50-40(5,6)7/h13-16,22-23,26-27,31,34H,8-12,17-21,24-25H2,1-7H3,(H,41,46)(H,42,47). The van der Waals surface area contributed by atoms with E-state index in [1.54, 1.807) is 4.90 Å². The fraction of sp³-hybridized carbons (Fsp3) is 0.600. The van der Waals surface area contributed by atoms with Crippen LogP contribution >= 0.6 is 0 Å². The van der Waals surface area contributed by atoms with E-state index in [9.17, 15) is 19.2 Å². The molecule has 0 radical (unpaired) electrons. The molecule has 2 aliphatic heterocycles. The van der Waals surface area contributed by atoms with Crippen LogP contribution in [0.5, 0.6) is 0 Å². The Kier molecular flexibility index (Phi) is 11.9. The first-order valence-electron chi connectivity index (χ1n) is 18.6. The number of carbonyl (C=O) groups excluding carboxylic acids is 4. The number of nitrogens with one attached hydrogen (secondary N) is 2. The van der Waals surface area contributed by atoms with Gasteiger partial charge in [0.1, 0.15) is 5.60 Å². The van der Waals surface area contributed by atoms with Gasteiger partial charge in [0.2, 0.25) is 11.8 Å². The highest BCUT2D eigenvalue weighted by molar-refractivity contribution is 6.02. The monoisotopic (exact) mass is 687 g/mol. The Balaban J connectivity index is 1.35. The van der Waals surface area contributed by atoms with Gasteiger partial charge in [-0.1, -0.05) is 44.0 Å². The van der Waals surface area contributed by atoms with Gasteiger partial charge in [0.25, 0.3) is 5.91 Å². The Morgan fingerprint density at radius 2 is 1.64 bits per heavy atom. The van der Waals surface area contributed by atoms with Gasteiger partial charge in [-0.3, -0.25) is 19.3 Å². The summed E-state index contributed by atoms with van der Waals surface area (Å²) in [6.07, 6.45) is 4.55. The van der Waals surface area contributed by atoms with Crippen LogP contribution in [0.1, 0.15) is 95.1 Å². The number of hydrogen-bond donors (Lipinski definition) is 2. The van der Waals surface area contributed by atoms with Gasteiger partial charge in [0.15, 0.2) is 0 Å². The second kappa shape index (κ2) is 16.0. The summed E-state index contributed by atoms with van der Waals surface area (Å²) >= 11 is 0. The molecule has 3 atom stereocenters. The highest BCUT2D eigenvalue weighted by atomic mass is 16.6. The summed E-state index contributed by atoms with van der Waals surface area (Å²) in [6.45, 7) is 18.0. The van der Waals surface area contributed by atoms with Gasteiger partial charge in [-0.25, -0.2) is 4.79 Å². The van der Waals surface area contributed by atoms with Crippen molar-refractivity contribution >= 4 is 29.5 Å². The zero-order chi connectivity index (χ0) is 36.2. The SMILES string of the molecule is CCN(C(=O)C1CCCC1)c1cc(-c2ccc(CN3CCN(C(=O)OC(C)(C)C)CC3)cc2)cc(C(=O)NCC2C(=O)NC(C)CC2C)c1C. The molecule has 10 heteroatoms. The molecule has 10 nitrogen and oxygen atoms in total. The van der Waals surface area contributed by atoms with E-state index in [0.29, 0.717) is 25.2 Å². The van der Waals surface area contributed by atoms with Gasteiger partial charge in [0.05, 0.1) is 5.92 Å². The fourth-order valence-corrected chi connectivity index (χ4v) is 7.68. The molecular formula is C40H57N5O5. The minimum Gasteiger partial charge on any atom is -0.444 e. The molecule has 3 aliphatic rings. The molecular weight excluding hydrogens is 630 g/mol.